The summed E-state index contributed by atoms with van der Waals surface area (Å²) in [6.07, 6.45) is 4.25. The minimum Gasteiger partial charge on any atom is -0.274 e. The first kappa shape index (κ1) is 18.6. The summed E-state index contributed by atoms with van der Waals surface area (Å²) < 4.78 is 0. The van der Waals surface area contributed by atoms with Crippen LogP contribution >= 0.6 is 0 Å². The normalized spacial score (nSPS) is 25.4. The van der Waals surface area contributed by atoms with Gasteiger partial charge >= 0.3 is 0 Å². The van der Waals surface area contributed by atoms with Gasteiger partial charge < -0.3 is 0 Å². The third-order valence-corrected chi connectivity index (χ3v) is 6.42. The van der Waals surface area contributed by atoms with Gasteiger partial charge in [-0.15, -0.1) is 0 Å². The first-order chi connectivity index (χ1) is 14.7. The van der Waals surface area contributed by atoms with Crippen molar-refractivity contribution in [2.45, 2.75) is 18.8 Å². The molecule has 148 valence electrons. The summed E-state index contributed by atoms with van der Waals surface area (Å²) in [7, 11) is 0. The molecule has 5 rings (SSSR count). The molecule has 1 aliphatic carbocycles. The molecular weight excluding hydrogens is 370 g/mol. The predicted octanol–water partition coefficient (Wildman–Crippen LogP) is 5.24. The second kappa shape index (κ2) is 7.42. The number of amides is 2. The molecule has 4 atom stereocenters. The van der Waals surface area contributed by atoms with Gasteiger partial charge in [-0.3, -0.25) is 9.59 Å². The topological polar surface area (TPSA) is 37.4 Å². The molecule has 1 saturated heterocycles. The van der Waals surface area contributed by atoms with Crippen LogP contribution in [0.2, 0.25) is 0 Å². The van der Waals surface area contributed by atoms with Crippen LogP contribution in [0.5, 0.6) is 0 Å². The summed E-state index contributed by atoms with van der Waals surface area (Å²) in [6.45, 7) is 1.94. The van der Waals surface area contributed by atoms with Crippen LogP contribution < -0.4 is 4.90 Å². The average Bonchev–Trinajstić information content (AvgIpc) is 3.06. The lowest BCUT2D eigenvalue weighted by Gasteiger charge is -2.32. The third-order valence-electron chi connectivity index (χ3n) is 6.42. The van der Waals surface area contributed by atoms with Crippen LogP contribution in [-0.4, -0.2) is 11.8 Å². The van der Waals surface area contributed by atoms with E-state index < -0.39 is 11.8 Å². The zero-order valence-electron chi connectivity index (χ0n) is 16.8. The highest BCUT2D eigenvalue weighted by molar-refractivity contribution is 6.23. The van der Waals surface area contributed by atoms with Gasteiger partial charge in [-0.05, 0) is 29.7 Å². The SMILES string of the molecule is Cc1ccccc1N1C(=O)[C@H]2[C@H](C1=O)[C@H](c1ccccc1)C=C[C@H]2c1ccccc1. The average molecular weight is 393 g/mol. The Hall–Kier alpha value is -3.46. The lowest BCUT2D eigenvalue weighted by molar-refractivity contribution is -0.122. The fourth-order valence-corrected chi connectivity index (χ4v) is 4.99. The number of aryl methyl sites for hydroxylation is 1. The van der Waals surface area contributed by atoms with Gasteiger partial charge in [0.2, 0.25) is 11.8 Å². The number of allylic oxidation sites excluding steroid dienone is 2. The monoisotopic (exact) mass is 393 g/mol. The number of carbonyl (C=O) groups excluding carboxylic acids is 2. The Labute approximate surface area is 176 Å². The lowest BCUT2D eigenvalue weighted by Crippen LogP contribution is -2.32. The zero-order valence-corrected chi connectivity index (χ0v) is 16.8. The maximum absolute atomic E-state index is 13.7. The van der Waals surface area contributed by atoms with Crippen molar-refractivity contribution in [1.29, 1.82) is 0 Å². The van der Waals surface area contributed by atoms with E-state index in [0.717, 1.165) is 16.7 Å². The Morgan fingerprint density at radius 3 is 1.50 bits per heavy atom. The number of para-hydroxylation sites is 1. The summed E-state index contributed by atoms with van der Waals surface area (Å²) in [4.78, 5) is 28.9. The van der Waals surface area contributed by atoms with Crippen molar-refractivity contribution in [3.05, 3.63) is 114 Å². The number of anilines is 1. The first-order valence-electron chi connectivity index (χ1n) is 10.4. The van der Waals surface area contributed by atoms with Crippen molar-refractivity contribution in [3.8, 4) is 0 Å². The van der Waals surface area contributed by atoms with Crippen molar-refractivity contribution in [2.24, 2.45) is 11.8 Å². The van der Waals surface area contributed by atoms with Crippen LogP contribution in [0.3, 0.4) is 0 Å². The molecule has 0 unspecified atom stereocenters. The Balaban J connectivity index is 1.65. The number of nitrogens with zero attached hydrogens (tertiary/aromatic N) is 1. The van der Waals surface area contributed by atoms with Crippen molar-refractivity contribution in [3.63, 3.8) is 0 Å². The van der Waals surface area contributed by atoms with Gasteiger partial charge in [-0.1, -0.05) is 91.0 Å². The van der Waals surface area contributed by atoms with Crippen LogP contribution in [0, 0.1) is 18.8 Å². The fraction of sp³-hybridized carbons (Fsp3) is 0.185. The molecule has 2 amide bonds. The molecule has 3 aromatic carbocycles. The van der Waals surface area contributed by atoms with Gasteiger partial charge in [-0.25, -0.2) is 4.90 Å². The number of fused-ring (bicyclic) bond motifs is 1. The number of benzene rings is 3. The highest BCUT2D eigenvalue weighted by Crippen LogP contribution is 2.50. The summed E-state index contributed by atoms with van der Waals surface area (Å²) in [5, 5.41) is 0. The smallest absolute Gasteiger partial charge is 0.238 e. The summed E-state index contributed by atoms with van der Waals surface area (Å²) in [6, 6.07) is 27.7. The highest BCUT2D eigenvalue weighted by Gasteiger charge is 2.55. The minimum atomic E-state index is -0.408. The number of hydrogen-bond donors (Lipinski definition) is 0. The number of imide groups is 1. The van der Waals surface area contributed by atoms with Crippen molar-refractivity contribution in [2.75, 3.05) is 4.90 Å². The van der Waals surface area contributed by atoms with Crippen molar-refractivity contribution < 1.29 is 9.59 Å². The van der Waals surface area contributed by atoms with E-state index in [-0.39, 0.29) is 23.7 Å². The van der Waals surface area contributed by atoms with E-state index in [1.165, 1.54) is 4.90 Å². The van der Waals surface area contributed by atoms with E-state index >= 15 is 0 Å². The quantitative estimate of drug-likeness (QED) is 0.451. The lowest BCUT2D eigenvalue weighted by atomic mass is 9.68. The molecule has 1 fully saturated rings. The maximum Gasteiger partial charge on any atom is 0.238 e. The maximum atomic E-state index is 13.7. The van der Waals surface area contributed by atoms with Crippen molar-refractivity contribution in [1.82, 2.24) is 0 Å². The Morgan fingerprint density at radius 2 is 1.03 bits per heavy atom. The largest absolute Gasteiger partial charge is 0.274 e. The van der Waals surface area contributed by atoms with E-state index in [0.29, 0.717) is 5.69 Å². The molecule has 30 heavy (non-hydrogen) atoms. The van der Waals surface area contributed by atoms with Crippen LogP contribution in [0.4, 0.5) is 5.69 Å². The second-order valence-electron chi connectivity index (χ2n) is 8.11. The van der Waals surface area contributed by atoms with Crippen LogP contribution in [0.1, 0.15) is 28.5 Å². The zero-order chi connectivity index (χ0) is 20.7. The third kappa shape index (κ3) is 2.89. The van der Waals surface area contributed by atoms with Gasteiger partial charge in [0, 0.05) is 11.8 Å². The molecule has 0 radical (unpaired) electrons. The molecule has 2 aliphatic rings. The molecule has 0 N–H and O–H groups in total. The van der Waals surface area contributed by atoms with Crippen molar-refractivity contribution >= 4 is 17.5 Å². The van der Waals surface area contributed by atoms with E-state index in [9.17, 15) is 9.59 Å². The molecule has 0 saturated carbocycles. The van der Waals surface area contributed by atoms with Gasteiger partial charge in [-0.2, -0.15) is 0 Å². The Bertz CT molecular complexity index is 1050. The van der Waals surface area contributed by atoms with Crippen LogP contribution in [0.25, 0.3) is 0 Å². The molecule has 0 aromatic heterocycles. The number of rotatable bonds is 3. The molecule has 1 heterocycles. The van der Waals surface area contributed by atoms with Gasteiger partial charge in [0.05, 0.1) is 17.5 Å². The first-order valence-corrected chi connectivity index (χ1v) is 10.4. The summed E-state index contributed by atoms with van der Waals surface area (Å²) in [5.41, 5.74) is 3.77. The molecule has 3 heteroatoms. The number of hydrogen-bond acceptors (Lipinski definition) is 2. The molecule has 0 spiro atoms. The second-order valence-corrected chi connectivity index (χ2v) is 8.11. The molecule has 0 bridgehead atoms. The molecule has 3 aromatic rings. The Kier molecular flexibility index (Phi) is 4.59. The van der Waals surface area contributed by atoms with Gasteiger partial charge in [0.1, 0.15) is 0 Å². The van der Waals surface area contributed by atoms with Gasteiger partial charge in [0.15, 0.2) is 0 Å². The summed E-state index contributed by atoms with van der Waals surface area (Å²) >= 11 is 0. The highest BCUT2D eigenvalue weighted by atomic mass is 16.2. The predicted molar refractivity (Wildman–Crippen MR) is 118 cm³/mol. The van der Waals surface area contributed by atoms with Crippen LogP contribution in [0.15, 0.2) is 97.1 Å². The minimum absolute atomic E-state index is 0.0987. The van der Waals surface area contributed by atoms with E-state index in [2.05, 4.69) is 12.2 Å². The van der Waals surface area contributed by atoms with E-state index in [1.54, 1.807) is 0 Å². The van der Waals surface area contributed by atoms with E-state index in [1.807, 2.05) is 91.9 Å². The Morgan fingerprint density at radius 1 is 0.600 bits per heavy atom. The molecule has 1 aliphatic heterocycles. The standard InChI is InChI=1S/C27H23NO2/c1-18-10-8-9-15-23(18)28-26(29)24-21(19-11-4-2-5-12-19)16-17-22(25(24)27(28)30)20-13-6-3-7-14-20/h2-17,21-22,24-25H,1H3/t21-,22-,24+,25+/m0/s1. The molecule has 3 nitrogen and oxygen atoms in total. The van der Waals surface area contributed by atoms with Crippen LogP contribution in [-0.2, 0) is 9.59 Å². The fourth-order valence-electron chi connectivity index (χ4n) is 4.99. The van der Waals surface area contributed by atoms with Gasteiger partial charge in [0.25, 0.3) is 0 Å². The summed E-state index contributed by atoms with van der Waals surface area (Å²) in [5.74, 6) is -1.23. The number of carbonyl (C=O) groups is 2. The molecular formula is C27H23NO2. The van der Waals surface area contributed by atoms with E-state index in [4.69, 9.17) is 0 Å².